The maximum atomic E-state index is 11.6. The highest BCUT2D eigenvalue weighted by atomic mass is 16.4. The van der Waals surface area contributed by atoms with Crippen LogP contribution in [0.3, 0.4) is 0 Å². The monoisotopic (exact) mass is 327 g/mol. The van der Waals surface area contributed by atoms with Gasteiger partial charge in [-0.1, -0.05) is 19.1 Å². The third-order valence-corrected chi connectivity index (χ3v) is 4.40. The lowest BCUT2D eigenvalue weighted by Gasteiger charge is -2.22. The molecule has 24 heavy (non-hydrogen) atoms. The van der Waals surface area contributed by atoms with Crippen molar-refractivity contribution in [2.75, 3.05) is 11.4 Å². The van der Waals surface area contributed by atoms with Crippen LogP contribution < -0.4 is 4.90 Å². The fourth-order valence-electron chi connectivity index (χ4n) is 3.26. The number of aliphatic hydroxyl groups is 1. The summed E-state index contributed by atoms with van der Waals surface area (Å²) in [5.74, 6) is 0.0825. The van der Waals surface area contributed by atoms with Gasteiger partial charge < -0.3 is 19.5 Å². The molecule has 124 valence electrons. The van der Waals surface area contributed by atoms with Gasteiger partial charge in [-0.05, 0) is 12.1 Å². The molecule has 2 atom stereocenters. The maximum absolute atomic E-state index is 11.6. The van der Waals surface area contributed by atoms with Crippen LogP contribution in [-0.4, -0.2) is 44.8 Å². The van der Waals surface area contributed by atoms with Crippen molar-refractivity contribution in [3.63, 3.8) is 0 Å². The third kappa shape index (κ3) is 2.20. The van der Waals surface area contributed by atoms with Crippen LogP contribution in [0.2, 0.25) is 0 Å². The minimum Gasteiger partial charge on any atom is -0.480 e. The van der Waals surface area contributed by atoms with Gasteiger partial charge in [0.1, 0.15) is 23.0 Å². The SMILES string of the molecule is CCc1nc(N2C[C@@H](O)C[C@H]2C(=O)O)c2oc3ccccc3c2n1. The summed E-state index contributed by atoms with van der Waals surface area (Å²) in [7, 11) is 0. The highest BCUT2D eigenvalue weighted by Crippen LogP contribution is 2.35. The standard InChI is InChI=1S/C17H17N3O4/c1-2-13-18-14-10-5-3-4-6-12(10)24-15(14)16(19-13)20-8-9(21)7-11(20)17(22)23/h3-6,9,11,21H,2,7-8H2,1H3,(H,22,23)/t9-,11-/m0/s1. The Bertz CT molecular complexity index is 936. The number of hydrogen-bond donors (Lipinski definition) is 2. The average Bonchev–Trinajstić information content (AvgIpc) is 3.14. The van der Waals surface area contributed by atoms with Gasteiger partial charge in [0.05, 0.1) is 6.10 Å². The lowest BCUT2D eigenvalue weighted by Crippen LogP contribution is -2.36. The Morgan fingerprint density at radius 3 is 2.92 bits per heavy atom. The predicted octanol–water partition coefficient (Wildman–Crippen LogP) is 1.96. The van der Waals surface area contributed by atoms with Crippen LogP contribution in [0.5, 0.6) is 0 Å². The molecule has 3 heterocycles. The number of rotatable bonds is 3. The van der Waals surface area contributed by atoms with E-state index in [9.17, 15) is 15.0 Å². The van der Waals surface area contributed by atoms with Gasteiger partial charge >= 0.3 is 5.97 Å². The molecule has 3 aromatic rings. The zero-order valence-electron chi connectivity index (χ0n) is 13.1. The van der Waals surface area contributed by atoms with Gasteiger partial charge in [-0.15, -0.1) is 0 Å². The van der Waals surface area contributed by atoms with Crippen molar-refractivity contribution in [1.29, 1.82) is 0 Å². The molecule has 0 amide bonds. The van der Waals surface area contributed by atoms with Crippen LogP contribution in [0.25, 0.3) is 22.1 Å². The second-order valence-corrected chi connectivity index (χ2v) is 5.99. The Morgan fingerprint density at radius 1 is 1.38 bits per heavy atom. The number of aliphatic carboxylic acids is 1. The Kier molecular flexibility index (Phi) is 3.38. The second kappa shape index (κ2) is 5.45. The number of aromatic nitrogens is 2. The van der Waals surface area contributed by atoms with Gasteiger partial charge in [-0.25, -0.2) is 14.8 Å². The van der Waals surface area contributed by atoms with Gasteiger partial charge in [0, 0.05) is 24.8 Å². The molecular formula is C17H17N3O4. The summed E-state index contributed by atoms with van der Waals surface area (Å²) in [5, 5.41) is 20.3. The van der Waals surface area contributed by atoms with Crippen LogP contribution in [0.15, 0.2) is 28.7 Å². The Morgan fingerprint density at radius 2 is 2.17 bits per heavy atom. The number of aryl methyl sites for hydroxylation is 1. The average molecular weight is 327 g/mol. The molecule has 7 heteroatoms. The number of aliphatic hydroxyl groups excluding tert-OH is 1. The van der Waals surface area contributed by atoms with E-state index in [-0.39, 0.29) is 13.0 Å². The van der Waals surface area contributed by atoms with E-state index in [2.05, 4.69) is 9.97 Å². The highest BCUT2D eigenvalue weighted by molar-refractivity contribution is 6.06. The molecule has 1 aliphatic rings. The number of β-amino-alcohol motifs (C(OH)–C–C–N with tert-alkyl or cyclic N) is 1. The number of nitrogens with zero attached hydrogens (tertiary/aromatic N) is 3. The van der Waals surface area contributed by atoms with Gasteiger partial charge in [0.15, 0.2) is 11.4 Å². The smallest absolute Gasteiger partial charge is 0.326 e. The van der Waals surface area contributed by atoms with Crippen LogP contribution in [0, 0.1) is 0 Å². The summed E-state index contributed by atoms with van der Waals surface area (Å²) in [5.41, 5.74) is 1.83. The van der Waals surface area contributed by atoms with Crippen molar-refractivity contribution in [3.8, 4) is 0 Å². The predicted molar refractivity (Wildman–Crippen MR) is 88.1 cm³/mol. The Hall–Kier alpha value is -2.67. The molecule has 7 nitrogen and oxygen atoms in total. The first kappa shape index (κ1) is 14.9. The molecule has 0 aliphatic carbocycles. The summed E-state index contributed by atoms with van der Waals surface area (Å²) in [4.78, 5) is 22.2. The summed E-state index contributed by atoms with van der Waals surface area (Å²) in [6.45, 7) is 2.16. The van der Waals surface area contributed by atoms with Gasteiger partial charge in [-0.3, -0.25) is 0 Å². The van der Waals surface area contributed by atoms with E-state index >= 15 is 0 Å². The fraction of sp³-hybridized carbons (Fsp3) is 0.353. The number of anilines is 1. The Labute approximate surface area is 137 Å². The van der Waals surface area contributed by atoms with Crippen LogP contribution >= 0.6 is 0 Å². The molecule has 1 fully saturated rings. The van der Waals surface area contributed by atoms with Crippen molar-refractivity contribution in [1.82, 2.24) is 9.97 Å². The molecule has 2 N–H and O–H groups in total. The number of carboxylic acid groups (broad SMARTS) is 1. The minimum absolute atomic E-state index is 0.169. The van der Waals surface area contributed by atoms with Crippen LogP contribution in [0.4, 0.5) is 5.82 Å². The van der Waals surface area contributed by atoms with Gasteiger partial charge in [-0.2, -0.15) is 0 Å². The van der Waals surface area contributed by atoms with E-state index < -0.39 is 18.1 Å². The van der Waals surface area contributed by atoms with E-state index in [0.717, 1.165) is 5.39 Å². The lowest BCUT2D eigenvalue weighted by molar-refractivity contribution is -0.138. The molecule has 0 bridgehead atoms. The number of furan rings is 1. The molecule has 0 spiro atoms. The zero-order valence-corrected chi connectivity index (χ0v) is 13.1. The highest BCUT2D eigenvalue weighted by Gasteiger charge is 2.38. The molecule has 4 rings (SSSR count). The molecule has 1 saturated heterocycles. The van der Waals surface area contributed by atoms with E-state index in [4.69, 9.17) is 4.42 Å². The van der Waals surface area contributed by atoms with Crippen LogP contribution in [0.1, 0.15) is 19.2 Å². The normalized spacial score (nSPS) is 21.0. The first-order valence-corrected chi connectivity index (χ1v) is 7.94. The molecule has 0 saturated carbocycles. The lowest BCUT2D eigenvalue weighted by atomic mass is 10.2. The van der Waals surface area contributed by atoms with E-state index in [1.165, 1.54) is 0 Å². The number of benzene rings is 1. The van der Waals surface area contributed by atoms with Crippen molar-refractivity contribution in [2.24, 2.45) is 0 Å². The van der Waals surface area contributed by atoms with E-state index in [0.29, 0.717) is 34.7 Å². The molecule has 0 unspecified atom stereocenters. The van der Waals surface area contributed by atoms with Crippen LogP contribution in [-0.2, 0) is 11.2 Å². The number of hydrogen-bond acceptors (Lipinski definition) is 6. The molecule has 0 radical (unpaired) electrons. The third-order valence-electron chi connectivity index (χ3n) is 4.40. The summed E-state index contributed by atoms with van der Waals surface area (Å²) < 4.78 is 5.92. The van der Waals surface area contributed by atoms with Crippen molar-refractivity contribution < 1.29 is 19.4 Å². The summed E-state index contributed by atoms with van der Waals surface area (Å²) in [6, 6.07) is 6.73. The number of para-hydroxylation sites is 1. The number of fused-ring (bicyclic) bond motifs is 3. The Balaban J connectivity index is 1.98. The van der Waals surface area contributed by atoms with E-state index in [1.807, 2.05) is 31.2 Å². The zero-order chi connectivity index (χ0) is 16.8. The first-order valence-electron chi connectivity index (χ1n) is 7.94. The van der Waals surface area contributed by atoms with Gasteiger partial charge in [0.2, 0.25) is 0 Å². The quantitative estimate of drug-likeness (QED) is 0.758. The summed E-state index contributed by atoms with van der Waals surface area (Å²) in [6.07, 6.45) is 0.0876. The number of carboxylic acids is 1. The fourth-order valence-corrected chi connectivity index (χ4v) is 3.26. The number of carbonyl (C=O) groups is 1. The van der Waals surface area contributed by atoms with Crippen molar-refractivity contribution in [2.45, 2.75) is 31.9 Å². The largest absolute Gasteiger partial charge is 0.480 e. The molecule has 2 aromatic heterocycles. The molecular weight excluding hydrogens is 310 g/mol. The maximum Gasteiger partial charge on any atom is 0.326 e. The topological polar surface area (TPSA) is 99.7 Å². The molecule has 1 aliphatic heterocycles. The second-order valence-electron chi connectivity index (χ2n) is 5.99. The summed E-state index contributed by atoms with van der Waals surface area (Å²) >= 11 is 0. The van der Waals surface area contributed by atoms with Crippen molar-refractivity contribution >= 4 is 33.9 Å². The first-order chi connectivity index (χ1) is 11.6. The van der Waals surface area contributed by atoms with Gasteiger partial charge in [0.25, 0.3) is 0 Å². The van der Waals surface area contributed by atoms with E-state index in [1.54, 1.807) is 4.90 Å². The molecule has 1 aromatic carbocycles. The van der Waals surface area contributed by atoms with Crippen molar-refractivity contribution in [3.05, 3.63) is 30.1 Å². The minimum atomic E-state index is -0.979.